The molecule has 0 aliphatic heterocycles. The Hall–Kier alpha value is -2.50. The number of halogens is 1. The summed E-state index contributed by atoms with van der Waals surface area (Å²) in [5, 5.41) is 7.51. The zero-order valence-corrected chi connectivity index (χ0v) is 16.2. The van der Waals surface area contributed by atoms with Crippen molar-refractivity contribution in [3.8, 4) is 11.1 Å². The van der Waals surface area contributed by atoms with Crippen molar-refractivity contribution in [2.24, 2.45) is 0 Å². The molecule has 134 valence electrons. The number of ketones is 1. The molecule has 6 heteroatoms. The number of hydrogen-bond acceptors (Lipinski definition) is 4. The number of Topliss-reactive ketones (excluding diaryl/α,β-unsaturated/α-hetero) is 1. The molecule has 4 nitrogen and oxygen atoms in total. The molecule has 5 rings (SSSR count). The molecule has 0 bridgehead atoms. The summed E-state index contributed by atoms with van der Waals surface area (Å²) in [5.74, 6) is 0.351. The quantitative estimate of drug-likeness (QED) is 0.462. The van der Waals surface area contributed by atoms with Gasteiger partial charge in [0.15, 0.2) is 11.4 Å². The zero-order valence-electron chi connectivity index (χ0n) is 14.6. The second-order valence-electron chi connectivity index (χ2n) is 6.87. The average Bonchev–Trinajstić information content (AvgIpc) is 3.30. The van der Waals surface area contributed by atoms with Crippen LogP contribution in [0.15, 0.2) is 48.0 Å². The molecule has 1 aliphatic rings. The van der Waals surface area contributed by atoms with Gasteiger partial charge in [-0.05, 0) is 42.5 Å². The first-order chi connectivity index (χ1) is 13.1. The summed E-state index contributed by atoms with van der Waals surface area (Å²) in [6.45, 7) is 1.98. The van der Waals surface area contributed by atoms with E-state index in [9.17, 15) is 4.79 Å². The molecule has 0 saturated heterocycles. The second-order valence-corrected chi connectivity index (χ2v) is 8.28. The average molecular weight is 394 g/mol. The zero-order chi connectivity index (χ0) is 18.5. The SMILES string of the molecule is Cc1nn2c3c(cnc2c1-c1ccc(Cl)cc1)C(=O)C[C@H](c1cccs1)C3. The highest BCUT2D eigenvalue weighted by Gasteiger charge is 2.30. The molecule has 0 saturated carbocycles. The Morgan fingerprint density at radius 3 is 2.74 bits per heavy atom. The molecule has 0 radical (unpaired) electrons. The number of hydrogen-bond donors (Lipinski definition) is 0. The molecular formula is C21H16ClN3OS. The Bertz CT molecular complexity index is 1160. The van der Waals surface area contributed by atoms with Crippen LogP contribution in [0.4, 0.5) is 0 Å². The molecule has 27 heavy (non-hydrogen) atoms. The van der Waals surface area contributed by atoms with Crippen molar-refractivity contribution in [3.63, 3.8) is 0 Å². The fourth-order valence-corrected chi connectivity index (χ4v) is 4.84. The topological polar surface area (TPSA) is 47.3 Å². The van der Waals surface area contributed by atoms with Gasteiger partial charge in [-0.1, -0.05) is 29.8 Å². The van der Waals surface area contributed by atoms with Crippen LogP contribution in [0, 0.1) is 6.92 Å². The van der Waals surface area contributed by atoms with E-state index in [1.807, 2.05) is 41.8 Å². The summed E-state index contributed by atoms with van der Waals surface area (Å²) >= 11 is 7.74. The van der Waals surface area contributed by atoms with Crippen molar-refractivity contribution < 1.29 is 4.79 Å². The van der Waals surface area contributed by atoms with Gasteiger partial charge in [0.05, 0.1) is 17.0 Å². The molecule has 1 aliphatic carbocycles. The fraction of sp³-hybridized carbons (Fsp3) is 0.190. The third-order valence-electron chi connectivity index (χ3n) is 5.17. The molecular weight excluding hydrogens is 378 g/mol. The number of benzene rings is 1. The van der Waals surface area contributed by atoms with Crippen molar-refractivity contribution in [2.45, 2.75) is 25.7 Å². The molecule has 0 spiro atoms. The summed E-state index contributed by atoms with van der Waals surface area (Å²) in [6, 6.07) is 11.8. The van der Waals surface area contributed by atoms with E-state index in [1.165, 1.54) is 4.88 Å². The van der Waals surface area contributed by atoms with E-state index in [2.05, 4.69) is 16.4 Å². The minimum Gasteiger partial charge on any atom is -0.294 e. The van der Waals surface area contributed by atoms with Crippen LogP contribution >= 0.6 is 22.9 Å². The highest BCUT2D eigenvalue weighted by molar-refractivity contribution is 7.10. The number of fused-ring (bicyclic) bond motifs is 3. The van der Waals surface area contributed by atoms with Crippen LogP contribution in [-0.4, -0.2) is 20.4 Å². The van der Waals surface area contributed by atoms with E-state index in [4.69, 9.17) is 16.7 Å². The molecule has 4 aromatic rings. The van der Waals surface area contributed by atoms with Crippen LogP contribution in [0.25, 0.3) is 16.8 Å². The standard InChI is InChI=1S/C21H16ClN3OS/c1-12-20(13-4-6-15(22)7-5-13)21-23-11-16-17(25(21)24-12)9-14(10-18(16)26)19-3-2-8-27-19/h2-8,11,14H,9-10H2,1H3/t14-/m1/s1. The first-order valence-corrected chi connectivity index (χ1v) is 10.1. The fourth-order valence-electron chi connectivity index (χ4n) is 3.88. The maximum atomic E-state index is 12.7. The van der Waals surface area contributed by atoms with Crippen LogP contribution in [0.2, 0.25) is 5.02 Å². The molecule has 1 atom stereocenters. The number of aryl methyl sites for hydroxylation is 1. The van der Waals surface area contributed by atoms with Crippen molar-refractivity contribution in [3.05, 3.63) is 74.8 Å². The number of nitrogens with zero attached hydrogens (tertiary/aromatic N) is 3. The molecule has 3 aromatic heterocycles. The van der Waals surface area contributed by atoms with Gasteiger partial charge in [-0.3, -0.25) is 4.79 Å². The minimum absolute atomic E-state index is 0.144. The number of carbonyl (C=O) groups excluding carboxylic acids is 1. The first-order valence-electron chi connectivity index (χ1n) is 8.81. The molecule has 0 N–H and O–H groups in total. The van der Waals surface area contributed by atoms with Crippen LogP contribution in [0.5, 0.6) is 0 Å². The number of carbonyl (C=O) groups is 1. The highest BCUT2D eigenvalue weighted by Crippen LogP contribution is 2.36. The van der Waals surface area contributed by atoms with E-state index >= 15 is 0 Å². The van der Waals surface area contributed by atoms with Gasteiger partial charge in [-0.25, -0.2) is 9.50 Å². The van der Waals surface area contributed by atoms with E-state index in [-0.39, 0.29) is 11.7 Å². The predicted octanol–water partition coefficient (Wildman–Crippen LogP) is 5.33. The Balaban J connectivity index is 1.69. The van der Waals surface area contributed by atoms with Crippen molar-refractivity contribution >= 4 is 34.4 Å². The monoisotopic (exact) mass is 393 g/mol. The summed E-state index contributed by atoms with van der Waals surface area (Å²) < 4.78 is 1.87. The Labute approximate surface area is 165 Å². The summed E-state index contributed by atoms with van der Waals surface area (Å²) in [6.07, 6.45) is 3.05. The number of aromatic nitrogens is 3. The van der Waals surface area contributed by atoms with Gasteiger partial charge in [-0.15, -0.1) is 11.3 Å². The largest absolute Gasteiger partial charge is 0.294 e. The van der Waals surface area contributed by atoms with Crippen molar-refractivity contribution in [1.82, 2.24) is 14.6 Å². The van der Waals surface area contributed by atoms with Gasteiger partial charge in [0.25, 0.3) is 0 Å². The van der Waals surface area contributed by atoms with E-state index in [1.54, 1.807) is 17.5 Å². The molecule has 1 aromatic carbocycles. The first kappa shape index (κ1) is 16.7. The van der Waals surface area contributed by atoms with E-state index < -0.39 is 0 Å². The lowest BCUT2D eigenvalue weighted by atomic mass is 9.85. The minimum atomic E-state index is 0.144. The van der Waals surface area contributed by atoms with Crippen LogP contribution in [-0.2, 0) is 6.42 Å². The molecule has 0 amide bonds. The van der Waals surface area contributed by atoms with Gasteiger partial charge in [0.2, 0.25) is 0 Å². The van der Waals surface area contributed by atoms with Gasteiger partial charge in [0, 0.05) is 34.0 Å². The lowest BCUT2D eigenvalue weighted by molar-refractivity contribution is 0.0962. The van der Waals surface area contributed by atoms with Gasteiger partial charge >= 0.3 is 0 Å². The van der Waals surface area contributed by atoms with Crippen molar-refractivity contribution in [1.29, 1.82) is 0 Å². The number of thiophene rings is 1. The summed E-state index contributed by atoms with van der Waals surface area (Å²) in [5.41, 5.74) is 5.34. The second kappa shape index (κ2) is 6.29. The van der Waals surface area contributed by atoms with Gasteiger partial charge in [-0.2, -0.15) is 5.10 Å². The summed E-state index contributed by atoms with van der Waals surface area (Å²) in [7, 11) is 0. The Kier molecular flexibility index (Phi) is 3.88. The Morgan fingerprint density at radius 1 is 1.19 bits per heavy atom. The molecule has 0 unspecified atom stereocenters. The van der Waals surface area contributed by atoms with Crippen LogP contribution < -0.4 is 0 Å². The normalized spacial score (nSPS) is 16.7. The van der Waals surface area contributed by atoms with E-state index in [0.29, 0.717) is 17.0 Å². The maximum Gasteiger partial charge on any atom is 0.166 e. The highest BCUT2D eigenvalue weighted by atomic mass is 35.5. The van der Waals surface area contributed by atoms with Crippen molar-refractivity contribution in [2.75, 3.05) is 0 Å². The Morgan fingerprint density at radius 2 is 2.00 bits per heavy atom. The molecule has 0 fully saturated rings. The van der Waals surface area contributed by atoms with Crippen LogP contribution in [0.1, 0.15) is 39.0 Å². The lowest BCUT2D eigenvalue weighted by Gasteiger charge is -2.23. The number of rotatable bonds is 2. The van der Waals surface area contributed by atoms with Gasteiger partial charge < -0.3 is 0 Å². The third-order valence-corrected chi connectivity index (χ3v) is 6.46. The third kappa shape index (κ3) is 2.69. The van der Waals surface area contributed by atoms with Crippen LogP contribution in [0.3, 0.4) is 0 Å². The maximum absolute atomic E-state index is 12.7. The molecule has 3 heterocycles. The smallest absolute Gasteiger partial charge is 0.166 e. The van der Waals surface area contributed by atoms with Gasteiger partial charge in [0.1, 0.15) is 0 Å². The summed E-state index contributed by atoms with van der Waals surface area (Å²) in [4.78, 5) is 18.6. The van der Waals surface area contributed by atoms with E-state index in [0.717, 1.165) is 34.6 Å². The lowest BCUT2D eigenvalue weighted by Crippen LogP contribution is -2.22. The predicted molar refractivity (Wildman–Crippen MR) is 108 cm³/mol.